The van der Waals surface area contributed by atoms with Gasteiger partial charge in [-0.15, -0.1) is 10.2 Å². The number of nitrogens with zero attached hydrogens (tertiary/aromatic N) is 4. The Bertz CT molecular complexity index is 971. The minimum atomic E-state index is 0.346. The molecule has 0 bridgehead atoms. The van der Waals surface area contributed by atoms with Gasteiger partial charge in [-0.3, -0.25) is 4.98 Å². The summed E-state index contributed by atoms with van der Waals surface area (Å²) in [6.07, 6.45) is 3.75. The molecule has 1 aliphatic rings. The van der Waals surface area contributed by atoms with Gasteiger partial charge in [0.15, 0.2) is 0 Å². The van der Waals surface area contributed by atoms with Gasteiger partial charge in [-0.1, -0.05) is 11.6 Å². The van der Waals surface area contributed by atoms with Gasteiger partial charge < -0.3 is 9.73 Å². The van der Waals surface area contributed by atoms with Gasteiger partial charge in [-0.2, -0.15) is 5.26 Å². The molecule has 0 radical (unpaired) electrons. The van der Waals surface area contributed by atoms with Gasteiger partial charge >= 0.3 is 0 Å². The van der Waals surface area contributed by atoms with Crippen LogP contribution in [0.2, 0.25) is 5.02 Å². The maximum Gasteiger partial charge on any atom is 0.235 e. The second-order valence-corrected chi connectivity index (χ2v) is 6.37. The summed E-state index contributed by atoms with van der Waals surface area (Å²) in [6, 6.07) is 5.97. The normalized spacial score (nSPS) is 13.9. The second kappa shape index (κ2) is 5.77. The number of halogens is 1. The molecule has 1 N–H and O–H groups in total. The molecule has 1 saturated carbocycles. The van der Waals surface area contributed by atoms with E-state index in [1.165, 1.54) is 6.20 Å². The van der Waals surface area contributed by atoms with Crippen molar-refractivity contribution < 1.29 is 4.42 Å². The summed E-state index contributed by atoms with van der Waals surface area (Å²) in [5, 5.41) is 22.1. The monoisotopic (exact) mass is 339 g/mol. The Kier molecular flexibility index (Phi) is 3.58. The highest BCUT2D eigenvalue weighted by Gasteiger charge is 2.29. The number of nitriles is 1. The van der Waals surface area contributed by atoms with Crippen LogP contribution in [-0.4, -0.2) is 15.2 Å². The van der Waals surface area contributed by atoms with Crippen molar-refractivity contribution in [1.29, 1.82) is 5.26 Å². The predicted octanol–water partition coefficient (Wildman–Crippen LogP) is 3.94. The Morgan fingerprint density at radius 3 is 2.96 bits per heavy atom. The van der Waals surface area contributed by atoms with E-state index in [0.717, 1.165) is 23.8 Å². The van der Waals surface area contributed by atoms with Crippen LogP contribution >= 0.6 is 11.6 Å². The average Bonchev–Trinajstić information content (AvgIpc) is 3.31. The lowest BCUT2D eigenvalue weighted by Crippen LogP contribution is -2.03. The van der Waals surface area contributed by atoms with Crippen molar-refractivity contribution in [2.75, 3.05) is 5.32 Å². The zero-order valence-electron chi connectivity index (χ0n) is 13.0. The van der Waals surface area contributed by atoms with Crippen molar-refractivity contribution in [3.8, 4) is 6.07 Å². The molecule has 4 rings (SSSR count). The molecule has 1 aliphatic carbocycles. The maximum atomic E-state index is 9.38. The highest BCUT2D eigenvalue weighted by atomic mass is 35.5. The van der Waals surface area contributed by atoms with E-state index in [4.69, 9.17) is 16.0 Å². The zero-order chi connectivity index (χ0) is 16.7. The van der Waals surface area contributed by atoms with Crippen LogP contribution in [0.25, 0.3) is 10.9 Å². The molecule has 0 aliphatic heterocycles. The van der Waals surface area contributed by atoms with Gasteiger partial charge in [0, 0.05) is 17.5 Å². The summed E-state index contributed by atoms with van der Waals surface area (Å²) in [5.74, 6) is 1.62. The molecule has 120 valence electrons. The molecular weight excluding hydrogens is 326 g/mol. The number of aromatic nitrogens is 3. The first-order chi connectivity index (χ1) is 11.7. The minimum absolute atomic E-state index is 0.346. The zero-order valence-corrected chi connectivity index (χ0v) is 13.8. The highest BCUT2D eigenvalue weighted by molar-refractivity contribution is 6.35. The Balaban J connectivity index is 1.69. The van der Waals surface area contributed by atoms with Crippen LogP contribution in [0.1, 0.15) is 41.7 Å². The van der Waals surface area contributed by atoms with E-state index in [1.54, 1.807) is 0 Å². The summed E-state index contributed by atoms with van der Waals surface area (Å²) in [6.45, 7) is 2.30. The average molecular weight is 340 g/mol. The minimum Gasteiger partial charge on any atom is -0.423 e. The lowest BCUT2D eigenvalue weighted by atomic mass is 10.1. The summed E-state index contributed by atoms with van der Waals surface area (Å²) < 4.78 is 5.65. The molecule has 2 aromatic heterocycles. The predicted molar refractivity (Wildman–Crippen MR) is 89.8 cm³/mol. The van der Waals surface area contributed by atoms with E-state index in [1.807, 2.05) is 19.1 Å². The number of hydrogen-bond donors (Lipinski definition) is 1. The number of pyridine rings is 1. The number of hydrogen-bond acceptors (Lipinski definition) is 6. The Hall–Kier alpha value is -2.65. The Morgan fingerprint density at radius 1 is 1.38 bits per heavy atom. The molecule has 2 heterocycles. The Morgan fingerprint density at radius 2 is 2.21 bits per heavy atom. The fourth-order valence-corrected chi connectivity index (χ4v) is 2.99. The molecule has 0 amide bonds. The van der Waals surface area contributed by atoms with E-state index in [2.05, 4.69) is 26.6 Å². The van der Waals surface area contributed by atoms with Crippen molar-refractivity contribution >= 4 is 28.2 Å². The van der Waals surface area contributed by atoms with Gasteiger partial charge in [0.1, 0.15) is 6.07 Å². The third-order valence-electron chi connectivity index (χ3n) is 4.02. The van der Waals surface area contributed by atoms with Crippen molar-refractivity contribution in [2.24, 2.45) is 0 Å². The van der Waals surface area contributed by atoms with Gasteiger partial charge in [-0.25, -0.2) is 0 Å². The van der Waals surface area contributed by atoms with Crippen LogP contribution in [0.15, 0.2) is 22.7 Å². The first-order valence-electron chi connectivity index (χ1n) is 7.71. The molecule has 1 fully saturated rings. The van der Waals surface area contributed by atoms with Crippen molar-refractivity contribution in [1.82, 2.24) is 15.2 Å². The first kappa shape index (κ1) is 14.9. The summed E-state index contributed by atoms with van der Waals surface area (Å²) >= 11 is 6.28. The first-order valence-corrected chi connectivity index (χ1v) is 8.08. The van der Waals surface area contributed by atoms with Crippen LogP contribution in [0.4, 0.5) is 5.69 Å². The quantitative estimate of drug-likeness (QED) is 0.774. The van der Waals surface area contributed by atoms with Crippen molar-refractivity contribution in [2.45, 2.75) is 32.2 Å². The summed E-state index contributed by atoms with van der Waals surface area (Å²) in [4.78, 5) is 4.30. The van der Waals surface area contributed by atoms with Crippen LogP contribution in [0, 0.1) is 18.3 Å². The summed E-state index contributed by atoms with van der Waals surface area (Å²) in [7, 11) is 0. The van der Waals surface area contributed by atoms with E-state index >= 15 is 0 Å². The van der Waals surface area contributed by atoms with Crippen LogP contribution in [0.5, 0.6) is 0 Å². The van der Waals surface area contributed by atoms with Gasteiger partial charge in [0.2, 0.25) is 11.8 Å². The lowest BCUT2D eigenvalue weighted by molar-refractivity contribution is 0.457. The van der Waals surface area contributed by atoms with E-state index in [0.29, 0.717) is 46.0 Å². The topological polar surface area (TPSA) is 87.6 Å². The Labute approximate surface area is 143 Å². The highest BCUT2D eigenvalue weighted by Crippen LogP contribution is 2.39. The largest absolute Gasteiger partial charge is 0.423 e. The summed E-state index contributed by atoms with van der Waals surface area (Å²) in [5.41, 5.74) is 2.79. The molecule has 6 nitrogen and oxygen atoms in total. The maximum absolute atomic E-state index is 9.38. The molecule has 0 saturated heterocycles. The number of benzene rings is 1. The number of rotatable bonds is 4. The van der Waals surface area contributed by atoms with Crippen LogP contribution in [-0.2, 0) is 6.54 Å². The molecule has 0 unspecified atom stereocenters. The fraction of sp³-hybridized carbons (Fsp3) is 0.294. The molecule has 0 spiro atoms. The second-order valence-electron chi connectivity index (χ2n) is 5.96. The van der Waals surface area contributed by atoms with Gasteiger partial charge in [0.25, 0.3) is 0 Å². The standard InChI is InChI=1S/C17H14ClN5O/c1-9-4-12-15(11(6-19)7-20-16(12)13(18)5-9)21-8-14-22-23-17(24-14)10-2-3-10/h4-5,7,10H,2-3,8H2,1H3,(H,20,21). The van der Waals surface area contributed by atoms with Crippen molar-refractivity contribution in [3.05, 3.63) is 46.3 Å². The number of aryl methyl sites for hydroxylation is 1. The van der Waals surface area contributed by atoms with Gasteiger partial charge in [0.05, 0.1) is 28.3 Å². The molecule has 0 atom stereocenters. The van der Waals surface area contributed by atoms with Crippen molar-refractivity contribution in [3.63, 3.8) is 0 Å². The SMILES string of the molecule is Cc1cc(Cl)c2ncc(C#N)c(NCc3nnc(C4CC4)o3)c2c1. The number of fused-ring (bicyclic) bond motifs is 1. The third-order valence-corrected chi connectivity index (χ3v) is 4.30. The molecule has 24 heavy (non-hydrogen) atoms. The fourth-order valence-electron chi connectivity index (χ4n) is 2.67. The van der Waals surface area contributed by atoms with E-state index < -0.39 is 0 Å². The van der Waals surface area contributed by atoms with Gasteiger partial charge in [-0.05, 0) is 37.5 Å². The molecule has 3 aromatic rings. The smallest absolute Gasteiger partial charge is 0.235 e. The van der Waals surface area contributed by atoms with Crippen LogP contribution < -0.4 is 5.32 Å². The lowest BCUT2D eigenvalue weighted by Gasteiger charge is -2.11. The number of nitrogens with one attached hydrogen (secondary N) is 1. The molecular formula is C17H14ClN5O. The van der Waals surface area contributed by atoms with Crippen LogP contribution in [0.3, 0.4) is 0 Å². The molecule has 1 aromatic carbocycles. The number of anilines is 1. The van der Waals surface area contributed by atoms with E-state index in [-0.39, 0.29) is 0 Å². The molecule has 7 heteroatoms. The third kappa shape index (κ3) is 2.68. The van der Waals surface area contributed by atoms with E-state index in [9.17, 15) is 5.26 Å².